The number of hydrogen-bond acceptors (Lipinski definition) is 6. The van der Waals surface area contributed by atoms with Gasteiger partial charge in [-0.1, -0.05) is 68.8 Å². The van der Waals surface area contributed by atoms with E-state index >= 15 is 0 Å². The van der Waals surface area contributed by atoms with E-state index in [0.717, 1.165) is 27.1 Å². The maximum absolute atomic E-state index is 12.7. The van der Waals surface area contributed by atoms with E-state index in [0.29, 0.717) is 11.4 Å². The number of hydrazine groups is 1. The fourth-order valence-electron chi connectivity index (χ4n) is 3.15. The molecule has 1 amide bonds. The van der Waals surface area contributed by atoms with E-state index in [2.05, 4.69) is 36.7 Å². The number of ether oxygens (including phenoxy) is 1. The molecule has 33 heavy (non-hydrogen) atoms. The van der Waals surface area contributed by atoms with Crippen LogP contribution in [0.1, 0.15) is 31.9 Å². The van der Waals surface area contributed by atoms with Crippen LogP contribution in [0.5, 0.6) is 5.75 Å². The van der Waals surface area contributed by atoms with E-state index in [4.69, 9.17) is 16.3 Å². The van der Waals surface area contributed by atoms with Crippen molar-refractivity contribution >= 4 is 29.4 Å². The average molecular weight is 464 g/mol. The number of aryl methyl sites for hydroxylation is 1. The molecule has 0 atom stereocenters. The predicted molar refractivity (Wildman–Crippen MR) is 136 cm³/mol. The number of benzene rings is 3. The molecule has 6 N–H and O–H groups in total. The summed E-state index contributed by atoms with van der Waals surface area (Å²) in [6.45, 7) is 8.33. The second-order valence-electron chi connectivity index (χ2n) is 8.42. The first-order chi connectivity index (χ1) is 15.7. The lowest BCUT2D eigenvalue weighted by Gasteiger charge is -2.21. The number of carbonyl (C=O) groups is 1. The van der Waals surface area contributed by atoms with E-state index < -0.39 is 6.09 Å². The molecule has 0 aliphatic carbocycles. The number of carbonyl (C=O) groups excluding carboxylic acids is 1. The van der Waals surface area contributed by atoms with Crippen molar-refractivity contribution < 1.29 is 9.53 Å². The molecule has 0 heterocycles. The van der Waals surface area contributed by atoms with Crippen molar-refractivity contribution in [2.45, 2.75) is 37.3 Å². The smallest absolute Gasteiger partial charge is 0.410 e. The van der Waals surface area contributed by atoms with Crippen LogP contribution in [-0.2, 0) is 0 Å². The molecule has 0 aliphatic rings. The van der Waals surface area contributed by atoms with E-state index in [1.807, 2.05) is 61.5 Å². The van der Waals surface area contributed by atoms with E-state index in [9.17, 15) is 4.79 Å². The molecule has 7 nitrogen and oxygen atoms in total. The van der Waals surface area contributed by atoms with E-state index in [-0.39, 0.29) is 10.6 Å². The zero-order valence-electron chi connectivity index (χ0n) is 19.2. The number of nitrogens with one attached hydrogen (secondary N) is 2. The summed E-state index contributed by atoms with van der Waals surface area (Å²) >= 11 is 1.65. The second-order valence-corrected chi connectivity index (χ2v) is 10.3. The summed E-state index contributed by atoms with van der Waals surface area (Å²) in [4.78, 5) is 13.6. The van der Waals surface area contributed by atoms with Crippen LogP contribution in [0.15, 0.2) is 76.7 Å². The van der Waals surface area contributed by atoms with Crippen molar-refractivity contribution in [2.75, 3.05) is 5.32 Å². The molecule has 0 aromatic heterocycles. The van der Waals surface area contributed by atoms with Crippen LogP contribution in [0.4, 0.5) is 10.5 Å². The quantitative estimate of drug-likeness (QED) is 0.131. The third-order valence-corrected chi connectivity index (χ3v) is 5.75. The van der Waals surface area contributed by atoms with Crippen LogP contribution in [0.2, 0.25) is 0 Å². The highest BCUT2D eigenvalue weighted by atomic mass is 32.2. The molecule has 0 saturated carbocycles. The number of hydrazone groups is 1. The van der Waals surface area contributed by atoms with Crippen molar-refractivity contribution in [2.24, 2.45) is 16.7 Å². The minimum Gasteiger partial charge on any atom is -0.410 e. The first-order valence-corrected chi connectivity index (χ1v) is 11.2. The van der Waals surface area contributed by atoms with Gasteiger partial charge in [-0.05, 0) is 42.3 Å². The maximum atomic E-state index is 12.7. The van der Waals surface area contributed by atoms with Gasteiger partial charge in [0.15, 0.2) is 5.84 Å². The molecule has 0 spiro atoms. The third-order valence-electron chi connectivity index (χ3n) is 4.56. The van der Waals surface area contributed by atoms with Crippen molar-refractivity contribution in [3.8, 4) is 16.9 Å². The van der Waals surface area contributed by atoms with Gasteiger partial charge in [0.25, 0.3) is 0 Å². The van der Waals surface area contributed by atoms with Crippen molar-refractivity contribution in [1.82, 2.24) is 5.53 Å². The van der Waals surface area contributed by atoms with Crippen LogP contribution < -0.4 is 27.2 Å². The molecule has 0 unspecified atom stereocenters. The number of nitrogens with zero attached hydrogens (tertiary/aromatic N) is 1. The molecule has 3 aromatic rings. The minimum atomic E-state index is -0.562. The summed E-state index contributed by atoms with van der Waals surface area (Å²) in [6, 6.07) is 20.8. The molecule has 0 aliphatic heterocycles. The lowest BCUT2D eigenvalue weighted by molar-refractivity contribution is 0.215. The molecule has 0 fully saturated rings. The van der Waals surface area contributed by atoms with Crippen LogP contribution in [0, 0.1) is 6.92 Å². The van der Waals surface area contributed by atoms with Gasteiger partial charge in [0.2, 0.25) is 0 Å². The Bertz CT molecular complexity index is 1150. The number of amides is 1. The molecule has 0 saturated heterocycles. The number of amidine groups is 1. The largest absolute Gasteiger partial charge is 0.417 e. The monoisotopic (exact) mass is 463 g/mol. The predicted octanol–water partition coefficient (Wildman–Crippen LogP) is 5.25. The van der Waals surface area contributed by atoms with Crippen molar-refractivity contribution in [1.29, 1.82) is 0 Å². The van der Waals surface area contributed by atoms with Crippen LogP contribution >= 0.6 is 11.8 Å². The Morgan fingerprint density at radius 2 is 1.73 bits per heavy atom. The van der Waals surface area contributed by atoms with E-state index in [1.54, 1.807) is 23.9 Å². The Balaban J connectivity index is 1.97. The van der Waals surface area contributed by atoms with Gasteiger partial charge in [0.1, 0.15) is 5.75 Å². The second kappa shape index (κ2) is 10.4. The highest BCUT2D eigenvalue weighted by Crippen LogP contribution is 2.39. The van der Waals surface area contributed by atoms with Gasteiger partial charge in [-0.25, -0.2) is 16.2 Å². The van der Waals surface area contributed by atoms with Crippen LogP contribution in [-0.4, -0.2) is 16.7 Å². The fourth-order valence-corrected chi connectivity index (χ4v) is 4.17. The number of nitrogens with two attached hydrogens (primary N) is 2. The first-order valence-electron chi connectivity index (χ1n) is 10.4. The topological polar surface area (TPSA) is 115 Å². The molecule has 3 aromatic carbocycles. The summed E-state index contributed by atoms with van der Waals surface area (Å²) < 4.78 is 5.42. The summed E-state index contributed by atoms with van der Waals surface area (Å²) in [6.07, 6.45) is -0.562. The molecule has 0 radical (unpaired) electrons. The summed E-state index contributed by atoms with van der Waals surface area (Å²) in [7, 11) is 0. The van der Waals surface area contributed by atoms with Gasteiger partial charge in [0, 0.05) is 15.2 Å². The number of hydrogen-bond donors (Lipinski definition) is 4. The van der Waals surface area contributed by atoms with E-state index in [1.165, 1.54) is 0 Å². The Morgan fingerprint density at radius 1 is 1.03 bits per heavy atom. The minimum absolute atomic E-state index is 0.0550. The summed E-state index contributed by atoms with van der Waals surface area (Å²) in [5, 5.41) is 6.80. The normalized spacial score (nSPS) is 11.7. The molecule has 0 bridgehead atoms. The molecule has 8 heteroatoms. The van der Waals surface area contributed by atoms with Crippen molar-refractivity contribution in [3.05, 3.63) is 77.9 Å². The maximum Gasteiger partial charge on any atom is 0.417 e. The average Bonchev–Trinajstić information content (AvgIpc) is 2.76. The van der Waals surface area contributed by atoms with Gasteiger partial charge in [-0.2, -0.15) is 0 Å². The van der Waals surface area contributed by atoms with Gasteiger partial charge >= 0.3 is 6.09 Å². The van der Waals surface area contributed by atoms with Crippen LogP contribution in [0.25, 0.3) is 11.1 Å². The lowest BCUT2D eigenvalue weighted by atomic mass is 9.98. The third kappa shape index (κ3) is 6.74. The Morgan fingerprint density at radius 3 is 2.39 bits per heavy atom. The van der Waals surface area contributed by atoms with Gasteiger partial charge in [-0.3, -0.25) is 5.32 Å². The number of thioether (sulfide) groups is 1. The molecular weight excluding hydrogens is 434 g/mol. The Kier molecular flexibility index (Phi) is 7.63. The van der Waals surface area contributed by atoms with Gasteiger partial charge < -0.3 is 10.5 Å². The SMILES string of the molecule is Cc1ccc(OC(=O)Nc2cc(-c3ccccc3/C(N)=N/NN)ccc2SC(C)(C)C)cc1. The fraction of sp³-hybridized carbons (Fsp3) is 0.200. The van der Waals surface area contributed by atoms with Gasteiger partial charge in [0.05, 0.1) is 5.69 Å². The molecular formula is C25H29N5O2S. The first kappa shape index (κ1) is 24.2. The molecule has 172 valence electrons. The molecule has 3 rings (SSSR count). The summed E-state index contributed by atoms with van der Waals surface area (Å²) in [5.41, 5.74) is 12.5. The Labute approximate surface area is 198 Å². The van der Waals surface area contributed by atoms with Crippen molar-refractivity contribution in [3.63, 3.8) is 0 Å². The zero-order chi connectivity index (χ0) is 24.0. The van der Waals surface area contributed by atoms with Gasteiger partial charge in [-0.15, -0.1) is 16.9 Å². The number of anilines is 1. The standard InChI is InChI=1S/C25H29N5O2S/c1-16-9-12-18(13-10-16)32-24(31)28-21-15-17(11-14-22(21)33-25(2,3)4)19-7-5-6-8-20(19)23(26)29-30-27/h5-15,30H,27H2,1-4H3,(H2,26,29)(H,28,31). The zero-order valence-corrected chi connectivity index (χ0v) is 20.0. The van der Waals surface area contributed by atoms with Crippen LogP contribution in [0.3, 0.4) is 0 Å². The Hall–Kier alpha value is -3.49. The lowest BCUT2D eigenvalue weighted by Crippen LogP contribution is -2.23. The number of rotatable bonds is 6. The summed E-state index contributed by atoms with van der Waals surface area (Å²) in [5.74, 6) is 6.04. The highest BCUT2D eigenvalue weighted by Gasteiger charge is 2.18. The highest BCUT2D eigenvalue weighted by molar-refractivity contribution is 8.00.